The van der Waals surface area contributed by atoms with Crippen molar-refractivity contribution in [1.29, 1.82) is 0 Å². The summed E-state index contributed by atoms with van der Waals surface area (Å²) in [6.45, 7) is 4.61. The summed E-state index contributed by atoms with van der Waals surface area (Å²) in [5.74, 6) is 0. The number of nitrogens with two attached hydrogens (primary N) is 1. The highest BCUT2D eigenvalue weighted by Gasteiger charge is 2.08. The molecule has 0 radical (unpaired) electrons. The van der Waals surface area contributed by atoms with Crippen LogP contribution >= 0.6 is 27.7 Å². The highest BCUT2D eigenvalue weighted by Crippen LogP contribution is 2.30. The quantitative estimate of drug-likeness (QED) is 0.867. The Labute approximate surface area is 126 Å². The second kappa shape index (κ2) is 6.50. The Balaban J connectivity index is 2.31. The van der Waals surface area contributed by atoms with E-state index in [9.17, 15) is 0 Å². The van der Waals surface area contributed by atoms with E-state index in [0.29, 0.717) is 6.54 Å². The van der Waals surface area contributed by atoms with Crippen molar-refractivity contribution in [2.75, 3.05) is 6.54 Å². The first-order chi connectivity index (χ1) is 9.08. The van der Waals surface area contributed by atoms with Gasteiger partial charge in [0.05, 0.1) is 0 Å². The van der Waals surface area contributed by atoms with Crippen molar-refractivity contribution < 1.29 is 0 Å². The van der Waals surface area contributed by atoms with Gasteiger partial charge in [0, 0.05) is 20.8 Å². The maximum Gasteiger partial charge on any atom is 0.192 e. The van der Waals surface area contributed by atoms with Crippen LogP contribution in [0.4, 0.5) is 0 Å². The van der Waals surface area contributed by atoms with Crippen molar-refractivity contribution in [3.05, 3.63) is 45.7 Å². The molecule has 19 heavy (non-hydrogen) atoms. The van der Waals surface area contributed by atoms with Gasteiger partial charge in [0.25, 0.3) is 0 Å². The van der Waals surface area contributed by atoms with Gasteiger partial charge in [-0.05, 0) is 68.4 Å². The zero-order chi connectivity index (χ0) is 13.8. The summed E-state index contributed by atoms with van der Waals surface area (Å²) in [6.07, 6.45) is 0.854. The van der Waals surface area contributed by atoms with Gasteiger partial charge < -0.3 is 5.73 Å². The summed E-state index contributed by atoms with van der Waals surface area (Å²) >= 11 is 5.09. The third-order valence-corrected chi connectivity index (χ3v) is 4.08. The molecule has 0 bridgehead atoms. The molecule has 0 spiro atoms. The molecule has 5 heteroatoms. The van der Waals surface area contributed by atoms with Crippen LogP contribution in [0, 0.1) is 13.8 Å². The molecule has 0 aliphatic rings. The lowest BCUT2D eigenvalue weighted by Gasteiger charge is -2.09. The topological polar surface area (TPSA) is 51.8 Å². The molecule has 0 saturated carbocycles. The van der Waals surface area contributed by atoms with E-state index in [0.717, 1.165) is 27.4 Å². The average molecular weight is 338 g/mol. The standard InChI is InChI=1S/C14H16BrN3S/c1-9-7-10(2)18-14(17-9)19-13-4-3-12(15)8-11(13)5-6-16/h3-4,7-8H,5-6,16H2,1-2H3. The molecule has 1 aromatic heterocycles. The lowest BCUT2D eigenvalue weighted by Crippen LogP contribution is -2.04. The lowest BCUT2D eigenvalue weighted by atomic mass is 10.1. The van der Waals surface area contributed by atoms with Crippen molar-refractivity contribution in [3.8, 4) is 0 Å². The molecule has 2 N–H and O–H groups in total. The average Bonchev–Trinajstić information content (AvgIpc) is 2.32. The number of rotatable bonds is 4. The van der Waals surface area contributed by atoms with Crippen molar-refractivity contribution in [1.82, 2.24) is 9.97 Å². The Morgan fingerprint density at radius 2 is 1.84 bits per heavy atom. The van der Waals surface area contributed by atoms with Crippen molar-refractivity contribution in [3.63, 3.8) is 0 Å². The first kappa shape index (κ1) is 14.5. The molecule has 1 aromatic carbocycles. The molecule has 0 saturated heterocycles. The van der Waals surface area contributed by atoms with Crippen LogP contribution in [-0.2, 0) is 6.42 Å². The zero-order valence-electron chi connectivity index (χ0n) is 11.0. The van der Waals surface area contributed by atoms with Gasteiger partial charge in [-0.15, -0.1) is 0 Å². The van der Waals surface area contributed by atoms with Crippen LogP contribution in [0.5, 0.6) is 0 Å². The van der Waals surface area contributed by atoms with Crippen LogP contribution in [0.1, 0.15) is 17.0 Å². The maximum absolute atomic E-state index is 5.67. The summed E-state index contributed by atoms with van der Waals surface area (Å²) in [5, 5.41) is 0.790. The van der Waals surface area contributed by atoms with Crippen LogP contribution in [0.25, 0.3) is 0 Å². The van der Waals surface area contributed by atoms with E-state index >= 15 is 0 Å². The molecule has 2 aromatic rings. The first-order valence-corrected chi connectivity index (χ1v) is 7.68. The fourth-order valence-electron chi connectivity index (χ4n) is 1.84. The second-order valence-corrected chi connectivity index (χ2v) is 6.25. The number of nitrogens with zero attached hydrogens (tertiary/aromatic N) is 2. The molecule has 100 valence electrons. The molecular formula is C14H16BrN3S. The summed E-state index contributed by atoms with van der Waals surface area (Å²) in [5.41, 5.74) is 8.88. The normalized spacial score (nSPS) is 10.7. The largest absolute Gasteiger partial charge is 0.330 e. The van der Waals surface area contributed by atoms with E-state index in [2.05, 4.69) is 38.0 Å². The monoisotopic (exact) mass is 337 g/mol. The molecule has 3 nitrogen and oxygen atoms in total. The fourth-order valence-corrected chi connectivity index (χ4v) is 3.25. The fraction of sp³-hybridized carbons (Fsp3) is 0.286. The smallest absolute Gasteiger partial charge is 0.192 e. The number of benzene rings is 1. The predicted octanol–water partition coefficient (Wildman–Crippen LogP) is 3.51. The van der Waals surface area contributed by atoms with E-state index in [1.54, 1.807) is 11.8 Å². The number of aromatic nitrogens is 2. The van der Waals surface area contributed by atoms with Gasteiger partial charge in [-0.25, -0.2) is 9.97 Å². The molecule has 1 heterocycles. The van der Waals surface area contributed by atoms with E-state index in [1.165, 1.54) is 10.5 Å². The molecule has 0 fully saturated rings. The number of hydrogen-bond acceptors (Lipinski definition) is 4. The van der Waals surface area contributed by atoms with Gasteiger partial charge in [0.1, 0.15) is 0 Å². The second-order valence-electron chi connectivity index (χ2n) is 4.33. The van der Waals surface area contributed by atoms with Gasteiger partial charge in [0.15, 0.2) is 5.16 Å². The molecule has 0 amide bonds. The van der Waals surface area contributed by atoms with E-state index in [4.69, 9.17) is 5.73 Å². The molecule has 0 atom stereocenters. The van der Waals surface area contributed by atoms with Crippen LogP contribution in [0.3, 0.4) is 0 Å². The minimum atomic E-state index is 0.637. The van der Waals surface area contributed by atoms with Crippen LogP contribution < -0.4 is 5.73 Å². The van der Waals surface area contributed by atoms with Gasteiger partial charge in [-0.3, -0.25) is 0 Å². The minimum Gasteiger partial charge on any atom is -0.330 e. The minimum absolute atomic E-state index is 0.637. The zero-order valence-corrected chi connectivity index (χ0v) is 13.4. The van der Waals surface area contributed by atoms with Gasteiger partial charge in [-0.1, -0.05) is 15.9 Å². The van der Waals surface area contributed by atoms with Gasteiger partial charge in [-0.2, -0.15) is 0 Å². The Kier molecular flexibility index (Phi) is 4.96. The number of halogens is 1. The highest BCUT2D eigenvalue weighted by atomic mass is 79.9. The molecule has 2 rings (SSSR count). The summed E-state index contributed by atoms with van der Waals surface area (Å²) in [6, 6.07) is 8.20. The van der Waals surface area contributed by atoms with Crippen molar-refractivity contribution in [2.24, 2.45) is 5.73 Å². The summed E-state index contributed by atoms with van der Waals surface area (Å²) in [7, 11) is 0. The summed E-state index contributed by atoms with van der Waals surface area (Å²) in [4.78, 5) is 10.1. The van der Waals surface area contributed by atoms with E-state index < -0.39 is 0 Å². The molecular weight excluding hydrogens is 322 g/mol. The Hall–Kier alpha value is -0.910. The van der Waals surface area contributed by atoms with E-state index in [-0.39, 0.29) is 0 Å². The Bertz CT molecular complexity index is 567. The lowest BCUT2D eigenvalue weighted by molar-refractivity contribution is 0.897. The van der Waals surface area contributed by atoms with Crippen LogP contribution in [-0.4, -0.2) is 16.5 Å². The molecule has 0 unspecified atom stereocenters. The summed E-state index contributed by atoms with van der Waals surface area (Å²) < 4.78 is 1.07. The van der Waals surface area contributed by atoms with Gasteiger partial charge >= 0.3 is 0 Å². The molecule has 0 aliphatic carbocycles. The van der Waals surface area contributed by atoms with Crippen LogP contribution in [0.15, 0.2) is 38.8 Å². The van der Waals surface area contributed by atoms with E-state index in [1.807, 2.05) is 26.0 Å². The SMILES string of the molecule is Cc1cc(C)nc(Sc2ccc(Br)cc2CCN)n1. The third-order valence-electron chi connectivity index (χ3n) is 2.60. The highest BCUT2D eigenvalue weighted by molar-refractivity contribution is 9.10. The maximum atomic E-state index is 5.67. The van der Waals surface area contributed by atoms with Crippen LogP contribution in [0.2, 0.25) is 0 Å². The third kappa shape index (κ3) is 4.03. The Morgan fingerprint density at radius 1 is 1.16 bits per heavy atom. The predicted molar refractivity (Wildman–Crippen MR) is 82.5 cm³/mol. The first-order valence-electron chi connectivity index (χ1n) is 6.07. The Morgan fingerprint density at radius 3 is 2.47 bits per heavy atom. The van der Waals surface area contributed by atoms with Gasteiger partial charge in [0.2, 0.25) is 0 Å². The van der Waals surface area contributed by atoms with Crippen molar-refractivity contribution in [2.45, 2.75) is 30.3 Å². The number of aryl methyl sites for hydroxylation is 2. The van der Waals surface area contributed by atoms with Crippen molar-refractivity contribution >= 4 is 27.7 Å². The molecule has 0 aliphatic heterocycles. The number of hydrogen-bond donors (Lipinski definition) is 1.